The first-order valence-electron chi connectivity index (χ1n) is 8.93. The zero-order valence-corrected chi connectivity index (χ0v) is 19.6. The summed E-state index contributed by atoms with van der Waals surface area (Å²) in [5.74, 6) is 0.0304. The van der Waals surface area contributed by atoms with Crippen LogP contribution in [0.15, 0.2) is 53.0 Å². The Bertz CT molecular complexity index is 1140. The third kappa shape index (κ3) is 4.17. The van der Waals surface area contributed by atoms with Crippen molar-refractivity contribution >= 4 is 68.1 Å². The van der Waals surface area contributed by atoms with Gasteiger partial charge in [0.15, 0.2) is 11.5 Å². The summed E-state index contributed by atoms with van der Waals surface area (Å²) in [5.41, 5.74) is 0.662. The third-order valence-electron chi connectivity index (χ3n) is 4.39. The summed E-state index contributed by atoms with van der Waals surface area (Å²) in [7, 11) is 0. The molecule has 0 saturated carbocycles. The van der Waals surface area contributed by atoms with Crippen molar-refractivity contribution in [3.8, 4) is 17.2 Å². The minimum absolute atomic E-state index is 0.0581. The first-order chi connectivity index (χ1) is 14.9. The van der Waals surface area contributed by atoms with Crippen molar-refractivity contribution in [1.82, 2.24) is 5.32 Å². The molecule has 0 atom stereocenters. The van der Waals surface area contributed by atoms with Crippen molar-refractivity contribution in [1.29, 1.82) is 0 Å². The van der Waals surface area contributed by atoms with Gasteiger partial charge in [0.2, 0.25) is 6.79 Å². The van der Waals surface area contributed by atoms with E-state index in [1.165, 1.54) is 12.1 Å². The lowest BCUT2D eigenvalue weighted by Crippen LogP contribution is -2.54. The number of halogens is 2. The van der Waals surface area contributed by atoms with Gasteiger partial charge in [0.1, 0.15) is 17.9 Å². The number of carbonyl (C=O) groups excluding carboxylic acids is 3. The maximum absolute atomic E-state index is 13.1. The highest BCUT2D eigenvalue weighted by atomic mass is 127. The molecule has 2 aliphatic rings. The standard InChI is InChI=1S/C21H14BrIN2O6/c1-2-5-29-18-14(22)7-11(8-15(18)23)6-13-19(26)24-21(28)25(20(13)27)12-3-4-16-17(9-12)31-10-30-16/h2-4,6-9H,1,5,10H2,(H,24,26,28)/b13-6+. The lowest BCUT2D eigenvalue weighted by atomic mass is 10.1. The van der Waals surface area contributed by atoms with Crippen LogP contribution in [0.1, 0.15) is 5.56 Å². The highest BCUT2D eigenvalue weighted by Crippen LogP contribution is 2.37. The molecule has 10 heteroatoms. The summed E-state index contributed by atoms with van der Waals surface area (Å²) < 4.78 is 17.6. The lowest BCUT2D eigenvalue weighted by Gasteiger charge is -2.26. The van der Waals surface area contributed by atoms with Gasteiger partial charge in [0.05, 0.1) is 13.7 Å². The number of amides is 4. The fourth-order valence-electron chi connectivity index (χ4n) is 3.03. The van der Waals surface area contributed by atoms with Gasteiger partial charge in [-0.3, -0.25) is 14.9 Å². The topological polar surface area (TPSA) is 94.2 Å². The van der Waals surface area contributed by atoms with Crippen molar-refractivity contribution in [3.63, 3.8) is 0 Å². The Hall–Kier alpha value is -2.86. The van der Waals surface area contributed by atoms with Crippen LogP contribution in [0.3, 0.4) is 0 Å². The normalized spacial score (nSPS) is 16.5. The number of urea groups is 1. The van der Waals surface area contributed by atoms with E-state index in [0.29, 0.717) is 33.9 Å². The molecular weight excluding hydrogens is 583 g/mol. The van der Waals surface area contributed by atoms with E-state index in [2.05, 4.69) is 50.4 Å². The second-order valence-corrected chi connectivity index (χ2v) is 8.43. The molecule has 1 fully saturated rings. The molecule has 2 heterocycles. The molecule has 2 aliphatic heterocycles. The highest BCUT2D eigenvalue weighted by molar-refractivity contribution is 14.1. The maximum atomic E-state index is 13.1. The molecule has 2 aromatic rings. The Balaban J connectivity index is 1.69. The fraction of sp³-hybridized carbons (Fsp3) is 0.0952. The van der Waals surface area contributed by atoms with Gasteiger partial charge in [0.25, 0.3) is 11.8 Å². The number of carbonyl (C=O) groups is 3. The quantitative estimate of drug-likeness (QED) is 0.243. The molecule has 4 rings (SSSR count). The average Bonchev–Trinajstić information content (AvgIpc) is 3.18. The minimum atomic E-state index is -0.838. The number of nitrogens with one attached hydrogen (secondary N) is 1. The van der Waals surface area contributed by atoms with Gasteiger partial charge in [-0.1, -0.05) is 12.7 Å². The SMILES string of the molecule is C=CCOc1c(Br)cc(/C=C2\C(=O)NC(=O)N(c3ccc4c(c3)OCO4)C2=O)cc1I. The van der Waals surface area contributed by atoms with Gasteiger partial charge < -0.3 is 14.2 Å². The van der Waals surface area contributed by atoms with E-state index >= 15 is 0 Å². The third-order valence-corrected chi connectivity index (χ3v) is 5.78. The summed E-state index contributed by atoms with van der Waals surface area (Å²) in [6, 6.07) is 7.30. The summed E-state index contributed by atoms with van der Waals surface area (Å²) in [6.45, 7) is 4.02. The largest absolute Gasteiger partial charge is 0.487 e. The maximum Gasteiger partial charge on any atom is 0.335 e. The Morgan fingerprint density at radius 2 is 1.97 bits per heavy atom. The number of imide groups is 2. The molecule has 8 nitrogen and oxygen atoms in total. The average molecular weight is 597 g/mol. The summed E-state index contributed by atoms with van der Waals surface area (Å²) in [6.07, 6.45) is 3.06. The summed E-state index contributed by atoms with van der Waals surface area (Å²) in [5, 5.41) is 2.20. The molecule has 0 bridgehead atoms. The van der Waals surface area contributed by atoms with Crippen LogP contribution < -0.4 is 24.4 Å². The van der Waals surface area contributed by atoms with E-state index in [9.17, 15) is 14.4 Å². The van der Waals surface area contributed by atoms with Crippen LogP contribution in [0.2, 0.25) is 0 Å². The summed E-state index contributed by atoms with van der Waals surface area (Å²) in [4.78, 5) is 38.8. The predicted molar refractivity (Wildman–Crippen MR) is 124 cm³/mol. The lowest BCUT2D eigenvalue weighted by molar-refractivity contribution is -0.122. The molecule has 4 amide bonds. The molecule has 0 radical (unpaired) electrons. The van der Waals surface area contributed by atoms with Crippen LogP contribution in [-0.4, -0.2) is 31.2 Å². The van der Waals surface area contributed by atoms with Crippen LogP contribution in [0, 0.1) is 3.57 Å². The van der Waals surface area contributed by atoms with Crippen molar-refractivity contribution in [2.75, 3.05) is 18.3 Å². The number of barbiturate groups is 1. The second kappa shape index (κ2) is 8.71. The Labute approximate surface area is 199 Å². The van der Waals surface area contributed by atoms with Crippen LogP contribution in [0.4, 0.5) is 10.5 Å². The number of hydrogen-bond acceptors (Lipinski definition) is 6. The number of hydrogen-bond donors (Lipinski definition) is 1. The van der Waals surface area contributed by atoms with Gasteiger partial charge in [-0.15, -0.1) is 0 Å². The zero-order chi connectivity index (χ0) is 22.1. The number of benzene rings is 2. The first-order valence-corrected chi connectivity index (χ1v) is 10.8. The predicted octanol–water partition coefficient (Wildman–Crippen LogP) is 4.01. The number of anilines is 1. The molecule has 0 aromatic heterocycles. The smallest absolute Gasteiger partial charge is 0.335 e. The van der Waals surface area contributed by atoms with E-state index in [4.69, 9.17) is 14.2 Å². The van der Waals surface area contributed by atoms with Gasteiger partial charge >= 0.3 is 6.03 Å². The van der Waals surface area contributed by atoms with Gasteiger partial charge in [-0.2, -0.15) is 0 Å². The Morgan fingerprint density at radius 3 is 2.71 bits per heavy atom. The second-order valence-electron chi connectivity index (χ2n) is 6.41. The van der Waals surface area contributed by atoms with Crippen molar-refractivity contribution < 1.29 is 28.6 Å². The van der Waals surface area contributed by atoms with Crippen LogP contribution in [0.5, 0.6) is 17.2 Å². The van der Waals surface area contributed by atoms with Crippen molar-refractivity contribution in [3.05, 3.63) is 62.2 Å². The Kier molecular flexibility index (Phi) is 6.01. The monoisotopic (exact) mass is 596 g/mol. The van der Waals surface area contributed by atoms with E-state index in [-0.39, 0.29) is 18.1 Å². The van der Waals surface area contributed by atoms with Crippen LogP contribution in [0.25, 0.3) is 6.08 Å². The molecular formula is C21H14BrIN2O6. The number of ether oxygens (including phenoxy) is 3. The summed E-state index contributed by atoms with van der Waals surface area (Å²) >= 11 is 5.54. The highest BCUT2D eigenvalue weighted by Gasteiger charge is 2.37. The van der Waals surface area contributed by atoms with E-state index in [0.717, 1.165) is 8.47 Å². The first kappa shape index (κ1) is 21.4. The molecule has 31 heavy (non-hydrogen) atoms. The molecule has 0 aliphatic carbocycles. The molecule has 0 unspecified atom stereocenters. The fourth-order valence-corrected chi connectivity index (χ4v) is 4.79. The van der Waals surface area contributed by atoms with Crippen LogP contribution in [-0.2, 0) is 9.59 Å². The van der Waals surface area contributed by atoms with Crippen LogP contribution >= 0.6 is 38.5 Å². The number of nitrogens with zero attached hydrogens (tertiary/aromatic N) is 1. The van der Waals surface area contributed by atoms with E-state index in [1.807, 2.05) is 0 Å². The molecule has 1 saturated heterocycles. The van der Waals surface area contributed by atoms with Crippen molar-refractivity contribution in [2.45, 2.75) is 0 Å². The molecule has 0 spiro atoms. The zero-order valence-electron chi connectivity index (χ0n) is 15.8. The van der Waals surface area contributed by atoms with E-state index in [1.54, 1.807) is 30.3 Å². The molecule has 1 N–H and O–H groups in total. The Morgan fingerprint density at radius 1 is 1.19 bits per heavy atom. The van der Waals surface area contributed by atoms with Gasteiger partial charge in [0, 0.05) is 6.07 Å². The van der Waals surface area contributed by atoms with Gasteiger partial charge in [-0.05, 0) is 74.4 Å². The van der Waals surface area contributed by atoms with Crippen molar-refractivity contribution in [2.24, 2.45) is 0 Å². The number of fused-ring (bicyclic) bond motifs is 1. The number of rotatable bonds is 5. The molecule has 158 valence electrons. The van der Waals surface area contributed by atoms with E-state index < -0.39 is 17.8 Å². The van der Waals surface area contributed by atoms with Gasteiger partial charge in [-0.25, -0.2) is 9.69 Å². The minimum Gasteiger partial charge on any atom is -0.487 e. The molecule has 2 aromatic carbocycles.